The molecule has 8 heteroatoms. The van der Waals surface area contributed by atoms with Gasteiger partial charge in [0.1, 0.15) is 6.04 Å². The lowest BCUT2D eigenvalue weighted by molar-refractivity contribution is -0.125. The van der Waals surface area contributed by atoms with Gasteiger partial charge >= 0.3 is 0 Å². The average molecular weight is 303 g/mol. The Morgan fingerprint density at radius 2 is 2.00 bits per heavy atom. The third kappa shape index (κ3) is 3.92. The summed E-state index contributed by atoms with van der Waals surface area (Å²) in [7, 11) is -3.10. The molecular formula is C12H21N3O4S. The van der Waals surface area contributed by atoms with Crippen LogP contribution in [0.15, 0.2) is 0 Å². The summed E-state index contributed by atoms with van der Waals surface area (Å²) in [4.78, 5) is 22.9. The normalized spacial score (nSPS) is 25.4. The van der Waals surface area contributed by atoms with Gasteiger partial charge in [-0.25, -0.2) is 12.7 Å². The van der Waals surface area contributed by atoms with E-state index in [1.165, 1.54) is 10.6 Å². The Bertz CT molecular complexity index is 483. The second kappa shape index (κ2) is 6.09. The fourth-order valence-electron chi connectivity index (χ4n) is 2.62. The van der Waals surface area contributed by atoms with Gasteiger partial charge in [-0.15, -0.1) is 0 Å². The molecule has 0 aromatic heterocycles. The van der Waals surface area contributed by atoms with Crippen LogP contribution >= 0.6 is 0 Å². The number of carbonyl (C=O) groups is 2. The van der Waals surface area contributed by atoms with Gasteiger partial charge in [-0.3, -0.25) is 9.59 Å². The summed E-state index contributed by atoms with van der Waals surface area (Å²) in [5, 5.41) is 5.48. The SMILES string of the molecule is CS(=O)(=O)N1CCC(CNC(=O)C2CCC(=O)N2)CC1. The van der Waals surface area contributed by atoms with Crippen molar-refractivity contribution >= 4 is 21.8 Å². The average Bonchev–Trinajstić information content (AvgIpc) is 2.82. The fraction of sp³-hybridized carbons (Fsp3) is 0.833. The van der Waals surface area contributed by atoms with Crippen LogP contribution in [0.3, 0.4) is 0 Å². The van der Waals surface area contributed by atoms with E-state index in [1.54, 1.807) is 0 Å². The Hall–Kier alpha value is -1.15. The van der Waals surface area contributed by atoms with Crippen LogP contribution in [0.1, 0.15) is 25.7 Å². The lowest BCUT2D eigenvalue weighted by atomic mass is 9.98. The molecule has 2 N–H and O–H groups in total. The van der Waals surface area contributed by atoms with Crippen LogP contribution in [-0.2, 0) is 19.6 Å². The van der Waals surface area contributed by atoms with Crippen LogP contribution in [0, 0.1) is 5.92 Å². The van der Waals surface area contributed by atoms with Crippen molar-refractivity contribution < 1.29 is 18.0 Å². The number of piperidine rings is 1. The van der Waals surface area contributed by atoms with Crippen molar-refractivity contribution in [3.05, 3.63) is 0 Å². The van der Waals surface area contributed by atoms with Gasteiger partial charge in [0.15, 0.2) is 0 Å². The van der Waals surface area contributed by atoms with Gasteiger partial charge < -0.3 is 10.6 Å². The van der Waals surface area contributed by atoms with Gasteiger partial charge in [-0.2, -0.15) is 0 Å². The maximum absolute atomic E-state index is 11.8. The standard InChI is InChI=1S/C12H21N3O4S/c1-20(18,19)15-6-4-9(5-7-15)8-13-12(17)10-2-3-11(16)14-10/h9-10H,2-8H2,1H3,(H,13,17)(H,14,16). The number of carbonyl (C=O) groups excluding carboxylic acids is 2. The highest BCUT2D eigenvalue weighted by Crippen LogP contribution is 2.18. The topological polar surface area (TPSA) is 95.6 Å². The van der Waals surface area contributed by atoms with Gasteiger partial charge in [0.2, 0.25) is 21.8 Å². The molecule has 2 rings (SSSR count). The monoisotopic (exact) mass is 303 g/mol. The van der Waals surface area contributed by atoms with E-state index in [9.17, 15) is 18.0 Å². The molecule has 2 aliphatic rings. The van der Waals surface area contributed by atoms with Crippen molar-refractivity contribution in [2.24, 2.45) is 5.92 Å². The lowest BCUT2D eigenvalue weighted by Gasteiger charge is -2.30. The maximum Gasteiger partial charge on any atom is 0.242 e. The molecule has 2 heterocycles. The molecule has 2 saturated heterocycles. The smallest absolute Gasteiger partial charge is 0.242 e. The molecule has 2 amide bonds. The molecule has 0 radical (unpaired) electrons. The number of nitrogens with zero attached hydrogens (tertiary/aromatic N) is 1. The Balaban J connectivity index is 1.71. The quantitative estimate of drug-likeness (QED) is 0.700. The molecule has 0 saturated carbocycles. The van der Waals surface area contributed by atoms with Gasteiger partial charge in [-0.1, -0.05) is 0 Å². The first kappa shape index (κ1) is 15.2. The minimum atomic E-state index is -3.10. The van der Waals surface area contributed by atoms with E-state index >= 15 is 0 Å². The molecule has 7 nitrogen and oxygen atoms in total. The molecule has 1 unspecified atom stereocenters. The Morgan fingerprint density at radius 1 is 1.35 bits per heavy atom. The van der Waals surface area contributed by atoms with E-state index in [0.717, 1.165) is 12.8 Å². The van der Waals surface area contributed by atoms with E-state index < -0.39 is 16.1 Å². The molecule has 0 spiro atoms. The second-order valence-corrected chi connectivity index (χ2v) is 7.49. The zero-order valence-electron chi connectivity index (χ0n) is 11.6. The Labute approximate surface area is 119 Å². The fourth-order valence-corrected chi connectivity index (χ4v) is 3.50. The van der Waals surface area contributed by atoms with Crippen molar-refractivity contribution in [3.63, 3.8) is 0 Å². The van der Waals surface area contributed by atoms with Gasteiger partial charge in [0.25, 0.3) is 0 Å². The molecule has 2 fully saturated rings. The molecule has 0 bridgehead atoms. The first-order valence-electron chi connectivity index (χ1n) is 6.88. The van der Waals surface area contributed by atoms with E-state index in [2.05, 4.69) is 10.6 Å². The van der Waals surface area contributed by atoms with Crippen molar-refractivity contribution in [3.8, 4) is 0 Å². The summed E-state index contributed by atoms with van der Waals surface area (Å²) in [6.45, 7) is 1.57. The van der Waals surface area contributed by atoms with E-state index in [0.29, 0.717) is 38.4 Å². The number of hydrogen-bond acceptors (Lipinski definition) is 4. The highest BCUT2D eigenvalue weighted by molar-refractivity contribution is 7.88. The van der Waals surface area contributed by atoms with Crippen LogP contribution in [0.2, 0.25) is 0 Å². The van der Waals surface area contributed by atoms with Crippen LogP contribution < -0.4 is 10.6 Å². The molecule has 20 heavy (non-hydrogen) atoms. The number of nitrogens with one attached hydrogen (secondary N) is 2. The Kier molecular flexibility index (Phi) is 4.64. The van der Waals surface area contributed by atoms with Gasteiger partial charge in [0.05, 0.1) is 6.26 Å². The number of sulfonamides is 1. The summed E-state index contributed by atoms with van der Waals surface area (Å²) in [6.07, 6.45) is 3.69. The first-order valence-corrected chi connectivity index (χ1v) is 8.73. The van der Waals surface area contributed by atoms with Crippen molar-refractivity contribution in [2.45, 2.75) is 31.7 Å². The van der Waals surface area contributed by atoms with Crippen LogP contribution in [-0.4, -0.2) is 56.5 Å². The highest BCUT2D eigenvalue weighted by atomic mass is 32.2. The molecule has 0 aliphatic carbocycles. The molecule has 114 valence electrons. The third-order valence-electron chi connectivity index (χ3n) is 3.92. The first-order chi connectivity index (χ1) is 9.36. The zero-order chi connectivity index (χ0) is 14.8. The summed E-state index contributed by atoms with van der Waals surface area (Å²) in [5.74, 6) is 0.0852. The van der Waals surface area contributed by atoms with Crippen LogP contribution in [0.5, 0.6) is 0 Å². The van der Waals surface area contributed by atoms with Crippen LogP contribution in [0.25, 0.3) is 0 Å². The third-order valence-corrected chi connectivity index (χ3v) is 5.22. The summed E-state index contributed by atoms with van der Waals surface area (Å²) >= 11 is 0. The predicted octanol–water partition coefficient (Wildman–Crippen LogP) is -0.947. The van der Waals surface area contributed by atoms with E-state index in [1.807, 2.05) is 0 Å². The second-order valence-electron chi connectivity index (χ2n) is 5.51. The summed E-state index contributed by atoms with van der Waals surface area (Å²) in [6, 6.07) is -0.404. The number of hydrogen-bond donors (Lipinski definition) is 2. The number of rotatable bonds is 4. The zero-order valence-corrected chi connectivity index (χ0v) is 12.4. The van der Waals surface area contributed by atoms with Gasteiger partial charge in [-0.05, 0) is 25.2 Å². The van der Waals surface area contributed by atoms with E-state index in [4.69, 9.17) is 0 Å². The molecule has 0 aromatic rings. The largest absolute Gasteiger partial charge is 0.354 e. The molecule has 0 aromatic carbocycles. The van der Waals surface area contributed by atoms with Crippen molar-refractivity contribution in [1.82, 2.24) is 14.9 Å². The van der Waals surface area contributed by atoms with Crippen LogP contribution in [0.4, 0.5) is 0 Å². The molecular weight excluding hydrogens is 282 g/mol. The summed E-state index contributed by atoms with van der Waals surface area (Å²) < 4.78 is 24.2. The maximum atomic E-state index is 11.8. The highest BCUT2D eigenvalue weighted by Gasteiger charge is 2.29. The summed E-state index contributed by atoms with van der Waals surface area (Å²) in [5.41, 5.74) is 0. The van der Waals surface area contributed by atoms with Gasteiger partial charge in [0, 0.05) is 26.1 Å². The lowest BCUT2D eigenvalue weighted by Crippen LogP contribution is -2.45. The van der Waals surface area contributed by atoms with Crippen molar-refractivity contribution in [2.75, 3.05) is 25.9 Å². The predicted molar refractivity (Wildman–Crippen MR) is 73.3 cm³/mol. The van der Waals surface area contributed by atoms with Crippen molar-refractivity contribution in [1.29, 1.82) is 0 Å². The minimum absolute atomic E-state index is 0.0772. The number of amides is 2. The minimum Gasteiger partial charge on any atom is -0.354 e. The molecule has 2 aliphatic heterocycles. The molecule has 1 atom stereocenters. The van der Waals surface area contributed by atoms with E-state index in [-0.39, 0.29) is 11.8 Å². The Morgan fingerprint density at radius 3 is 2.50 bits per heavy atom.